The molecule has 17 heavy (non-hydrogen) atoms. The molecule has 1 aliphatic heterocycles. The highest BCUT2D eigenvalue weighted by Gasteiger charge is 2.24. The zero-order valence-corrected chi connectivity index (χ0v) is 10.5. The topological polar surface area (TPSA) is 55.4 Å². The molecule has 1 aromatic rings. The maximum Gasteiger partial charge on any atom is 0.265 e. The minimum absolute atomic E-state index is 0.0492. The molecule has 0 radical (unpaired) electrons. The van der Waals surface area contributed by atoms with E-state index in [2.05, 4.69) is 5.32 Å². The van der Waals surface area contributed by atoms with Gasteiger partial charge in [0, 0.05) is 5.56 Å². The van der Waals surface area contributed by atoms with E-state index in [0.717, 1.165) is 0 Å². The average Bonchev–Trinajstić information content (AvgIpc) is 2.30. The highest BCUT2D eigenvalue weighted by molar-refractivity contribution is 7.99. The molecule has 1 amide bonds. The lowest BCUT2D eigenvalue weighted by molar-refractivity contribution is -0.122. The van der Waals surface area contributed by atoms with E-state index >= 15 is 0 Å². The van der Waals surface area contributed by atoms with Gasteiger partial charge in [0.05, 0.1) is 11.4 Å². The van der Waals surface area contributed by atoms with Gasteiger partial charge in [-0.25, -0.2) is 0 Å². The van der Waals surface area contributed by atoms with E-state index in [-0.39, 0.29) is 11.7 Å². The number of benzene rings is 1. The van der Waals surface area contributed by atoms with Crippen molar-refractivity contribution in [1.82, 2.24) is 0 Å². The first-order chi connectivity index (χ1) is 8.11. The first-order valence-electron chi connectivity index (χ1n) is 5.25. The fourth-order valence-electron chi connectivity index (χ4n) is 1.60. The zero-order chi connectivity index (χ0) is 12.4. The van der Waals surface area contributed by atoms with Gasteiger partial charge in [-0.1, -0.05) is 0 Å². The second-order valence-corrected chi connectivity index (χ2v) is 4.68. The monoisotopic (exact) mass is 251 g/mol. The molecule has 4 nitrogen and oxygen atoms in total. The standard InChI is InChI=1S/C12H13NO3S/c1-7-12(15)13-9-5-8(10(14)6-17-2)3-4-11(9)16-7/h3-5,7H,6H2,1-2H3,(H,13,15). The molecular formula is C12H13NO3S. The molecule has 0 saturated heterocycles. The maximum absolute atomic E-state index is 11.7. The Labute approximate surface area is 104 Å². The summed E-state index contributed by atoms with van der Waals surface area (Å²) >= 11 is 1.47. The number of hydrogen-bond donors (Lipinski definition) is 1. The number of Topliss-reactive ketones (excluding diaryl/α,β-unsaturated/α-hetero) is 1. The number of fused-ring (bicyclic) bond motifs is 1. The van der Waals surface area contributed by atoms with Crippen LogP contribution < -0.4 is 10.1 Å². The number of nitrogens with one attached hydrogen (secondary N) is 1. The van der Waals surface area contributed by atoms with Crippen molar-refractivity contribution in [3.63, 3.8) is 0 Å². The molecule has 1 unspecified atom stereocenters. The molecule has 5 heteroatoms. The van der Waals surface area contributed by atoms with E-state index in [4.69, 9.17) is 4.74 Å². The summed E-state index contributed by atoms with van der Waals surface area (Å²) in [6, 6.07) is 5.11. The molecule has 0 fully saturated rings. The number of ketones is 1. The fourth-order valence-corrected chi connectivity index (χ4v) is 2.03. The lowest BCUT2D eigenvalue weighted by atomic mass is 10.1. The number of anilines is 1. The predicted molar refractivity (Wildman–Crippen MR) is 67.9 cm³/mol. The Balaban J connectivity index is 2.28. The third-order valence-corrected chi connectivity index (χ3v) is 3.06. The van der Waals surface area contributed by atoms with Gasteiger partial charge in [0.15, 0.2) is 11.9 Å². The maximum atomic E-state index is 11.7. The number of hydrogen-bond acceptors (Lipinski definition) is 4. The fraction of sp³-hybridized carbons (Fsp3) is 0.333. The highest BCUT2D eigenvalue weighted by Crippen LogP contribution is 2.30. The summed E-state index contributed by atoms with van der Waals surface area (Å²) in [5.74, 6) is 0.905. The Morgan fingerprint density at radius 3 is 3.00 bits per heavy atom. The highest BCUT2D eigenvalue weighted by atomic mass is 32.2. The Morgan fingerprint density at radius 2 is 2.29 bits per heavy atom. The van der Waals surface area contributed by atoms with Crippen LogP contribution in [0.4, 0.5) is 5.69 Å². The van der Waals surface area contributed by atoms with Gasteiger partial charge >= 0.3 is 0 Å². The summed E-state index contributed by atoms with van der Waals surface area (Å²) in [5.41, 5.74) is 1.16. The summed E-state index contributed by atoms with van der Waals surface area (Å²) in [5, 5.41) is 2.72. The van der Waals surface area contributed by atoms with Gasteiger partial charge < -0.3 is 10.1 Å². The van der Waals surface area contributed by atoms with Crippen LogP contribution in [0, 0.1) is 0 Å². The first kappa shape index (κ1) is 12.0. The number of ether oxygens (including phenoxy) is 1. The quantitative estimate of drug-likeness (QED) is 0.834. The molecule has 1 N–H and O–H groups in total. The Kier molecular flexibility index (Phi) is 3.38. The van der Waals surface area contributed by atoms with Gasteiger partial charge in [-0.15, -0.1) is 0 Å². The van der Waals surface area contributed by atoms with Crippen molar-refractivity contribution in [1.29, 1.82) is 0 Å². The van der Waals surface area contributed by atoms with Crippen LogP contribution in [0.25, 0.3) is 0 Å². The van der Waals surface area contributed by atoms with E-state index in [1.807, 2.05) is 6.26 Å². The van der Waals surface area contributed by atoms with Gasteiger partial charge in [0.25, 0.3) is 5.91 Å². The average molecular weight is 251 g/mol. The van der Waals surface area contributed by atoms with E-state index in [9.17, 15) is 9.59 Å². The first-order valence-corrected chi connectivity index (χ1v) is 6.65. The Hall–Kier alpha value is -1.49. The van der Waals surface area contributed by atoms with E-state index < -0.39 is 6.10 Å². The van der Waals surface area contributed by atoms with Crippen molar-refractivity contribution < 1.29 is 14.3 Å². The van der Waals surface area contributed by atoms with Gasteiger partial charge in [-0.3, -0.25) is 9.59 Å². The molecule has 1 aromatic carbocycles. The summed E-state index contributed by atoms with van der Waals surface area (Å²) in [6.45, 7) is 1.69. The summed E-state index contributed by atoms with van der Waals surface area (Å²) in [4.78, 5) is 23.1. The van der Waals surface area contributed by atoms with Crippen molar-refractivity contribution in [2.75, 3.05) is 17.3 Å². The van der Waals surface area contributed by atoms with Crippen molar-refractivity contribution in [3.8, 4) is 5.75 Å². The van der Waals surface area contributed by atoms with E-state index in [0.29, 0.717) is 22.8 Å². The van der Waals surface area contributed by atoms with E-state index in [1.54, 1.807) is 25.1 Å². The van der Waals surface area contributed by atoms with Crippen LogP contribution in [0.15, 0.2) is 18.2 Å². The lowest BCUT2D eigenvalue weighted by Gasteiger charge is -2.23. The van der Waals surface area contributed by atoms with Crippen LogP contribution >= 0.6 is 11.8 Å². The third kappa shape index (κ3) is 2.44. The summed E-state index contributed by atoms with van der Waals surface area (Å²) in [6.07, 6.45) is 1.39. The minimum atomic E-state index is -0.491. The molecule has 1 aliphatic rings. The normalized spacial score (nSPS) is 18.0. The molecular weight excluding hydrogens is 238 g/mol. The number of amides is 1. The molecule has 90 valence electrons. The van der Waals surface area contributed by atoms with Crippen LogP contribution in [-0.2, 0) is 4.79 Å². The number of carbonyl (C=O) groups is 2. The van der Waals surface area contributed by atoms with Crippen LogP contribution in [0.3, 0.4) is 0 Å². The smallest absolute Gasteiger partial charge is 0.265 e. The van der Waals surface area contributed by atoms with Crippen LogP contribution in [0.5, 0.6) is 5.75 Å². The van der Waals surface area contributed by atoms with Crippen LogP contribution in [0.1, 0.15) is 17.3 Å². The van der Waals surface area contributed by atoms with Crippen molar-refractivity contribution in [3.05, 3.63) is 23.8 Å². The molecule has 0 bridgehead atoms. The predicted octanol–water partition coefficient (Wildman–Crippen LogP) is 1.95. The van der Waals surface area contributed by atoms with Crippen LogP contribution in [0.2, 0.25) is 0 Å². The molecule has 1 heterocycles. The number of thioether (sulfide) groups is 1. The largest absolute Gasteiger partial charge is 0.479 e. The van der Waals surface area contributed by atoms with Gasteiger partial charge in [-0.05, 0) is 31.4 Å². The molecule has 0 aliphatic carbocycles. The molecule has 2 rings (SSSR count). The molecule has 0 saturated carbocycles. The van der Waals surface area contributed by atoms with E-state index in [1.165, 1.54) is 11.8 Å². The number of rotatable bonds is 3. The van der Waals surface area contributed by atoms with Crippen molar-refractivity contribution in [2.24, 2.45) is 0 Å². The number of carbonyl (C=O) groups excluding carboxylic acids is 2. The zero-order valence-electron chi connectivity index (χ0n) is 9.65. The van der Waals surface area contributed by atoms with Crippen molar-refractivity contribution >= 4 is 29.1 Å². The Morgan fingerprint density at radius 1 is 1.53 bits per heavy atom. The second-order valence-electron chi connectivity index (χ2n) is 3.82. The minimum Gasteiger partial charge on any atom is -0.479 e. The molecule has 1 atom stereocenters. The summed E-state index contributed by atoms with van der Waals surface area (Å²) < 4.78 is 5.41. The van der Waals surface area contributed by atoms with Crippen LogP contribution in [-0.4, -0.2) is 29.8 Å². The van der Waals surface area contributed by atoms with Crippen molar-refractivity contribution in [2.45, 2.75) is 13.0 Å². The second kappa shape index (κ2) is 4.79. The molecule has 0 spiro atoms. The van der Waals surface area contributed by atoms with Gasteiger partial charge in [0.2, 0.25) is 0 Å². The third-order valence-electron chi connectivity index (χ3n) is 2.51. The molecule has 0 aromatic heterocycles. The lowest BCUT2D eigenvalue weighted by Crippen LogP contribution is -2.34. The van der Waals surface area contributed by atoms with Gasteiger partial charge in [0.1, 0.15) is 5.75 Å². The Bertz CT molecular complexity index is 473. The SMILES string of the molecule is CSCC(=O)c1ccc2c(c1)NC(=O)C(C)O2. The summed E-state index contributed by atoms with van der Waals surface area (Å²) in [7, 11) is 0. The van der Waals surface area contributed by atoms with Gasteiger partial charge in [-0.2, -0.15) is 11.8 Å².